The minimum atomic E-state index is 0.0694. The Labute approximate surface area is 97.0 Å². The van der Waals surface area contributed by atoms with Crippen molar-refractivity contribution in [3.05, 3.63) is 30.1 Å². The maximum Gasteiger partial charge on any atom is 0.0758 e. The molecular weight excluding hydrogens is 200 g/mol. The Morgan fingerprint density at radius 2 is 2.12 bits per heavy atom. The van der Waals surface area contributed by atoms with Crippen molar-refractivity contribution in [3.63, 3.8) is 0 Å². The van der Waals surface area contributed by atoms with Crippen LogP contribution in [0.2, 0.25) is 0 Å². The average molecular weight is 220 g/mol. The van der Waals surface area contributed by atoms with Gasteiger partial charge >= 0.3 is 0 Å². The number of rotatable bonds is 3. The third-order valence-corrected chi connectivity index (χ3v) is 3.63. The van der Waals surface area contributed by atoms with Crippen molar-refractivity contribution in [2.24, 2.45) is 11.7 Å². The van der Waals surface area contributed by atoms with Crippen LogP contribution >= 0.6 is 0 Å². The second kappa shape index (κ2) is 4.93. The molecule has 0 bridgehead atoms. The number of pyridine rings is 1. The molecule has 0 amide bonds. The van der Waals surface area contributed by atoms with Crippen molar-refractivity contribution < 1.29 is 4.74 Å². The maximum absolute atomic E-state index is 6.30. The van der Waals surface area contributed by atoms with Crippen LogP contribution in [-0.2, 0) is 4.74 Å². The lowest BCUT2D eigenvalue weighted by atomic mass is 9.86. The fourth-order valence-electron chi connectivity index (χ4n) is 2.38. The zero-order chi connectivity index (χ0) is 11.5. The second-order valence-electron chi connectivity index (χ2n) is 4.75. The van der Waals surface area contributed by atoms with Gasteiger partial charge in [-0.15, -0.1) is 0 Å². The predicted molar refractivity (Wildman–Crippen MR) is 64.1 cm³/mol. The van der Waals surface area contributed by atoms with E-state index in [2.05, 4.69) is 18.8 Å². The van der Waals surface area contributed by atoms with E-state index in [4.69, 9.17) is 10.5 Å². The van der Waals surface area contributed by atoms with Crippen LogP contribution in [0.5, 0.6) is 0 Å². The first-order valence-electron chi connectivity index (χ1n) is 5.97. The molecule has 0 radical (unpaired) electrons. The Balaban J connectivity index is 2.07. The van der Waals surface area contributed by atoms with Gasteiger partial charge in [-0.2, -0.15) is 0 Å². The van der Waals surface area contributed by atoms with E-state index in [0.29, 0.717) is 11.8 Å². The minimum Gasteiger partial charge on any atom is -0.376 e. The number of aromatic nitrogens is 1. The summed E-state index contributed by atoms with van der Waals surface area (Å²) >= 11 is 0. The molecule has 0 aromatic carbocycles. The number of hydrogen-bond acceptors (Lipinski definition) is 3. The summed E-state index contributed by atoms with van der Waals surface area (Å²) in [6, 6.07) is 4.13. The fraction of sp³-hybridized carbons (Fsp3) is 0.615. The van der Waals surface area contributed by atoms with E-state index < -0.39 is 0 Å². The normalized spacial score (nSPS) is 28.9. The molecule has 2 heterocycles. The third-order valence-electron chi connectivity index (χ3n) is 3.63. The molecule has 1 aliphatic heterocycles. The van der Waals surface area contributed by atoms with Crippen LogP contribution in [0, 0.1) is 5.92 Å². The standard InChI is InChI=1S/C13H20N2O/c1-9-5-8-16-13(9)12(14)10(2)11-3-6-15-7-4-11/h3-4,6-7,9-10,12-13H,5,8,14H2,1-2H3. The van der Waals surface area contributed by atoms with Gasteiger partial charge in [0, 0.05) is 25.0 Å². The van der Waals surface area contributed by atoms with E-state index in [9.17, 15) is 0 Å². The van der Waals surface area contributed by atoms with Crippen molar-refractivity contribution in [1.29, 1.82) is 0 Å². The van der Waals surface area contributed by atoms with E-state index in [1.54, 1.807) is 0 Å². The molecule has 1 aromatic rings. The molecule has 1 fully saturated rings. The van der Waals surface area contributed by atoms with Crippen LogP contribution < -0.4 is 5.73 Å². The van der Waals surface area contributed by atoms with Gasteiger partial charge in [-0.1, -0.05) is 13.8 Å². The summed E-state index contributed by atoms with van der Waals surface area (Å²) in [6.07, 6.45) is 4.96. The van der Waals surface area contributed by atoms with Crippen LogP contribution in [-0.4, -0.2) is 23.7 Å². The molecule has 3 nitrogen and oxygen atoms in total. The summed E-state index contributed by atoms with van der Waals surface area (Å²) in [4.78, 5) is 4.03. The van der Waals surface area contributed by atoms with Gasteiger partial charge in [0.2, 0.25) is 0 Å². The Bertz CT molecular complexity index is 328. The second-order valence-corrected chi connectivity index (χ2v) is 4.75. The quantitative estimate of drug-likeness (QED) is 0.846. The molecule has 16 heavy (non-hydrogen) atoms. The number of hydrogen-bond donors (Lipinski definition) is 1. The first kappa shape index (κ1) is 11.6. The summed E-state index contributed by atoms with van der Waals surface area (Å²) in [5.41, 5.74) is 7.54. The SMILES string of the molecule is CC1CCOC1C(N)C(C)c1ccncc1. The summed E-state index contributed by atoms with van der Waals surface area (Å²) in [6.45, 7) is 5.23. The predicted octanol–water partition coefficient (Wildman–Crippen LogP) is 1.94. The van der Waals surface area contributed by atoms with Crippen LogP contribution in [0.15, 0.2) is 24.5 Å². The van der Waals surface area contributed by atoms with Crippen molar-refractivity contribution in [2.75, 3.05) is 6.61 Å². The van der Waals surface area contributed by atoms with Crippen LogP contribution in [0.4, 0.5) is 0 Å². The Kier molecular flexibility index (Phi) is 3.56. The van der Waals surface area contributed by atoms with Crippen molar-refractivity contribution in [1.82, 2.24) is 4.98 Å². The lowest BCUT2D eigenvalue weighted by Gasteiger charge is -2.28. The third kappa shape index (κ3) is 2.25. The largest absolute Gasteiger partial charge is 0.376 e. The highest BCUT2D eigenvalue weighted by atomic mass is 16.5. The van der Waals surface area contributed by atoms with E-state index in [-0.39, 0.29) is 12.1 Å². The van der Waals surface area contributed by atoms with Gasteiger partial charge in [-0.05, 0) is 36.0 Å². The lowest BCUT2D eigenvalue weighted by Crippen LogP contribution is -2.41. The monoisotopic (exact) mass is 220 g/mol. The number of ether oxygens (including phenoxy) is 1. The molecule has 0 aliphatic carbocycles. The smallest absolute Gasteiger partial charge is 0.0758 e. The van der Waals surface area contributed by atoms with Gasteiger partial charge in [0.05, 0.1) is 6.10 Å². The molecule has 2 N–H and O–H groups in total. The van der Waals surface area contributed by atoms with E-state index in [1.807, 2.05) is 24.5 Å². The summed E-state index contributed by atoms with van der Waals surface area (Å²) in [5.74, 6) is 0.882. The molecular formula is C13H20N2O. The molecule has 3 heteroatoms. The van der Waals surface area contributed by atoms with E-state index in [0.717, 1.165) is 13.0 Å². The van der Waals surface area contributed by atoms with Gasteiger partial charge in [0.1, 0.15) is 0 Å². The molecule has 2 rings (SSSR count). The highest BCUT2D eigenvalue weighted by Crippen LogP contribution is 2.29. The van der Waals surface area contributed by atoms with Crippen LogP contribution in [0.1, 0.15) is 31.7 Å². The number of nitrogens with two attached hydrogens (primary N) is 1. The Hall–Kier alpha value is -0.930. The molecule has 1 aromatic heterocycles. The van der Waals surface area contributed by atoms with Gasteiger partial charge in [-0.3, -0.25) is 4.98 Å². The van der Waals surface area contributed by atoms with E-state index in [1.165, 1.54) is 5.56 Å². The molecule has 4 unspecified atom stereocenters. The van der Waals surface area contributed by atoms with Gasteiger partial charge in [0.25, 0.3) is 0 Å². The Morgan fingerprint density at radius 1 is 1.44 bits per heavy atom. The Morgan fingerprint density at radius 3 is 2.69 bits per heavy atom. The van der Waals surface area contributed by atoms with Crippen LogP contribution in [0.25, 0.3) is 0 Å². The summed E-state index contributed by atoms with van der Waals surface area (Å²) < 4.78 is 5.73. The molecule has 88 valence electrons. The first-order chi connectivity index (χ1) is 7.70. The maximum atomic E-state index is 6.30. The van der Waals surface area contributed by atoms with Crippen molar-refractivity contribution in [2.45, 2.75) is 38.3 Å². The molecule has 0 spiro atoms. The van der Waals surface area contributed by atoms with Crippen molar-refractivity contribution >= 4 is 0 Å². The molecule has 0 saturated carbocycles. The summed E-state index contributed by atoms with van der Waals surface area (Å²) in [5, 5.41) is 0. The lowest BCUT2D eigenvalue weighted by molar-refractivity contribution is 0.0662. The highest BCUT2D eigenvalue weighted by Gasteiger charge is 2.33. The van der Waals surface area contributed by atoms with Gasteiger partial charge in [-0.25, -0.2) is 0 Å². The molecule has 4 atom stereocenters. The average Bonchev–Trinajstić information content (AvgIpc) is 2.75. The minimum absolute atomic E-state index is 0.0694. The highest BCUT2D eigenvalue weighted by molar-refractivity contribution is 5.17. The topological polar surface area (TPSA) is 48.1 Å². The van der Waals surface area contributed by atoms with E-state index >= 15 is 0 Å². The zero-order valence-electron chi connectivity index (χ0n) is 9.97. The van der Waals surface area contributed by atoms with Crippen LogP contribution in [0.3, 0.4) is 0 Å². The van der Waals surface area contributed by atoms with Crippen molar-refractivity contribution in [3.8, 4) is 0 Å². The summed E-state index contributed by atoms with van der Waals surface area (Å²) in [7, 11) is 0. The fourth-order valence-corrected chi connectivity index (χ4v) is 2.38. The van der Waals surface area contributed by atoms with Gasteiger partial charge < -0.3 is 10.5 Å². The molecule has 1 saturated heterocycles. The number of nitrogens with zero attached hydrogens (tertiary/aromatic N) is 1. The zero-order valence-corrected chi connectivity index (χ0v) is 9.97. The first-order valence-corrected chi connectivity index (χ1v) is 5.97. The van der Waals surface area contributed by atoms with Gasteiger partial charge in [0.15, 0.2) is 0 Å². The molecule has 1 aliphatic rings.